The van der Waals surface area contributed by atoms with E-state index in [-0.39, 0.29) is 15.9 Å². The molecule has 0 fully saturated rings. The fourth-order valence-electron chi connectivity index (χ4n) is 1.74. The summed E-state index contributed by atoms with van der Waals surface area (Å²) in [6.45, 7) is 9.74. The van der Waals surface area contributed by atoms with E-state index in [0.717, 1.165) is 6.26 Å². The summed E-state index contributed by atoms with van der Waals surface area (Å²) in [7, 11) is -3.33. The minimum Gasteiger partial charge on any atom is -0.443 e. The Balaban J connectivity index is 3.58. The Morgan fingerprint density at radius 2 is 1.50 bits per heavy atom. The molecule has 0 aliphatic heterocycles. The van der Waals surface area contributed by atoms with Crippen LogP contribution >= 0.6 is 11.6 Å². The highest BCUT2D eigenvalue weighted by Gasteiger charge is 2.36. The Kier molecular flexibility index (Phi) is 6.31. The standard InChI is InChI=1S/C16H24ClN3O5S/c1-15(2,3)24-13(21)20(14(22)25-16(4,5)6)12-10(26(7,18)23)8-9-11(17)19-12/h8-9,18H,1-7H3. The SMILES string of the molecule is CC(C)(C)OC(=O)N(C(=O)OC(C)(C)C)c1nc(Cl)ccc1S(C)(=N)=O. The van der Waals surface area contributed by atoms with Gasteiger partial charge in [0.1, 0.15) is 16.4 Å². The van der Waals surface area contributed by atoms with Crippen molar-refractivity contribution in [3.63, 3.8) is 0 Å². The Morgan fingerprint density at radius 3 is 1.85 bits per heavy atom. The summed E-state index contributed by atoms with van der Waals surface area (Å²) in [5.41, 5.74) is -1.82. The average molecular weight is 406 g/mol. The molecule has 0 aliphatic carbocycles. The number of pyridine rings is 1. The number of carbonyl (C=O) groups excluding carboxylic acids is 2. The van der Waals surface area contributed by atoms with Crippen LogP contribution in [0.25, 0.3) is 0 Å². The van der Waals surface area contributed by atoms with Crippen LogP contribution in [0.3, 0.4) is 0 Å². The molecule has 146 valence electrons. The van der Waals surface area contributed by atoms with Crippen LogP contribution in [0.5, 0.6) is 0 Å². The number of carbonyl (C=O) groups is 2. The Hall–Kier alpha value is -1.87. The lowest BCUT2D eigenvalue weighted by Crippen LogP contribution is -2.44. The lowest BCUT2D eigenvalue weighted by atomic mass is 10.2. The van der Waals surface area contributed by atoms with E-state index in [1.165, 1.54) is 12.1 Å². The second kappa shape index (κ2) is 7.40. The lowest BCUT2D eigenvalue weighted by Gasteiger charge is -2.28. The fourth-order valence-corrected chi connectivity index (χ4v) is 2.70. The van der Waals surface area contributed by atoms with Crippen LogP contribution in [-0.2, 0) is 19.2 Å². The van der Waals surface area contributed by atoms with Gasteiger partial charge in [-0.2, -0.15) is 4.90 Å². The predicted molar refractivity (Wildman–Crippen MR) is 99.2 cm³/mol. The predicted octanol–water partition coefficient (Wildman–Crippen LogP) is 4.45. The van der Waals surface area contributed by atoms with Crippen molar-refractivity contribution >= 4 is 39.3 Å². The van der Waals surface area contributed by atoms with Crippen LogP contribution in [0, 0.1) is 4.78 Å². The van der Waals surface area contributed by atoms with Gasteiger partial charge in [-0.25, -0.2) is 23.6 Å². The van der Waals surface area contributed by atoms with Crippen LogP contribution < -0.4 is 4.90 Å². The summed E-state index contributed by atoms with van der Waals surface area (Å²) in [5.74, 6) is -0.358. The van der Waals surface area contributed by atoms with Crippen LogP contribution in [0.15, 0.2) is 17.0 Å². The van der Waals surface area contributed by atoms with Gasteiger partial charge in [0.25, 0.3) is 0 Å². The molecule has 0 saturated carbocycles. The first-order chi connectivity index (χ1) is 11.5. The molecule has 1 aromatic rings. The summed E-state index contributed by atoms with van der Waals surface area (Å²) in [5, 5.41) is -0.0514. The topological polar surface area (TPSA) is 110 Å². The molecule has 10 heteroatoms. The number of rotatable bonds is 2. The van der Waals surface area contributed by atoms with E-state index < -0.39 is 33.1 Å². The molecule has 1 heterocycles. The van der Waals surface area contributed by atoms with Crippen molar-refractivity contribution in [3.8, 4) is 0 Å². The summed E-state index contributed by atoms with van der Waals surface area (Å²) < 4.78 is 30.6. The molecule has 1 N–H and O–H groups in total. The monoisotopic (exact) mass is 405 g/mol. The third-order valence-corrected chi connectivity index (χ3v) is 3.96. The molecule has 8 nitrogen and oxygen atoms in total. The van der Waals surface area contributed by atoms with Crippen molar-refractivity contribution in [1.82, 2.24) is 4.98 Å². The minimum atomic E-state index is -3.33. The van der Waals surface area contributed by atoms with Gasteiger partial charge in [0.15, 0.2) is 5.82 Å². The molecule has 1 aromatic heterocycles. The first kappa shape index (κ1) is 22.2. The van der Waals surface area contributed by atoms with Gasteiger partial charge in [0, 0.05) is 6.26 Å². The Labute approximate surface area is 158 Å². The van der Waals surface area contributed by atoms with Gasteiger partial charge < -0.3 is 9.47 Å². The largest absolute Gasteiger partial charge is 0.443 e. The van der Waals surface area contributed by atoms with Gasteiger partial charge in [-0.15, -0.1) is 0 Å². The maximum absolute atomic E-state index is 12.6. The molecular formula is C16H24ClN3O5S. The molecule has 0 bridgehead atoms. The number of anilines is 1. The number of nitrogens with one attached hydrogen (secondary N) is 1. The van der Waals surface area contributed by atoms with Crippen molar-refractivity contribution in [3.05, 3.63) is 17.3 Å². The van der Waals surface area contributed by atoms with E-state index in [0.29, 0.717) is 4.90 Å². The quantitative estimate of drug-likeness (QED) is 0.728. The molecule has 0 radical (unpaired) electrons. The highest BCUT2D eigenvalue weighted by Crippen LogP contribution is 2.28. The van der Waals surface area contributed by atoms with Gasteiger partial charge in [0.05, 0.1) is 14.6 Å². The first-order valence-corrected chi connectivity index (χ1v) is 10.0. The molecule has 2 amide bonds. The molecule has 1 atom stereocenters. The summed E-state index contributed by atoms with van der Waals surface area (Å²) >= 11 is 5.89. The van der Waals surface area contributed by atoms with E-state index in [2.05, 4.69) is 4.98 Å². The smallest absolute Gasteiger partial charge is 0.425 e. The average Bonchev–Trinajstić information content (AvgIpc) is 2.32. The van der Waals surface area contributed by atoms with E-state index in [4.69, 9.17) is 25.9 Å². The lowest BCUT2D eigenvalue weighted by molar-refractivity contribution is 0.0428. The molecule has 0 spiro atoms. The fraction of sp³-hybridized carbons (Fsp3) is 0.562. The molecule has 0 saturated heterocycles. The van der Waals surface area contributed by atoms with E-state index in [1.807, 2.05) is 0 Å². The van der Waals surface area contributed by atoms with Crippen LogP contribution in [-0.4, -0.2) is 38.8 Å². The zero-order valence-electron chi connectivity index (χ0n) is 15.9. The number of hydrogen-bond donors (Lipinski definition) is 1. The Morgan fingerprint density at radius 1 is 1.08 bits per heavy atom. The maximum atomic E-state index is 12.6. The molecule has 1 unspecified atom stereocenters. The minimum absolute atomic E-state index is 0.0514. The summed E-state index contributed by atoms with van der Waals surface area (Å²) in [6, 6.07) is 2.60. The highest BCUT2D eigenvalue weighted by atomic mass is 35.5. The number of halogens is 1. The van der Waals surface area contributed by atoms with Crippen molar-refractivity contribution in [2.75, 3.05) is 11.2 Å². The number of hydrogen-bond acceptors (Lipinski definition) is 7. The molecule has 0 aliphatic rings. The molecule has 0 aromatic carbocycles. The van der Waals surface area contributed by atoms with Gasteiger partial charge in [-0.1, -0.05) is 11.6 Å². The third kappa shape index (κ3) is 6.45. The second-order valence-corrected chi connectivity index (χ2v) is 10.1. The number of amides is 2. The van der Waals surface area contributed by atoms with E-state index in [1.54, 1.807) is 41.5 Å². The van der Waals surface area contributed by atoms with Crippen LogP contribution in [0.4, 0.5) is 15.4 Å². The van der Waals surface area contributed by atoms with Crippen LogP contribution in [0.2, 0.25) is 5.15 Å². The maximum Gasteiger partial charge on any atom is 0.425 e. The number of ether oxygens (including phenoxy) is 2. The third-order valence-electron chi connectivity index (χ3n) is 2.59. The van der Waals surface area contributed by atoms with Crippen LogP contribution in [0.1, 0.15) is 41.5 Å². The van der Waals surface area contributed by atoms with Crippen molar-refractivity contribution in [2.24, 2.45) is 0 Å². The van der Waals surface area contributed by atoms with Crippen molar-refractivity contribution < 1.29 is 23.3 Å². The number of aromatic nitrogens is 1. The second-order valence-electron chi connectivity index (χ2n) is 7.60. The number of nitrogens with zero attached hydrogens (tertiary/aromatic N) is 2. The normalized spacial score (nSPS) is 14.3. The van der Waals surface area contributed by atoms with Gasteiger partial charge >= 0.3 is 12.2 Å². The van der Waals surface area contributed by atoms with Gasteiger partial charge in [-0.3, -0.25) is 0 Å². The Bertz CT molecular complexity index is 782. The first-order valence-electron chi connectivity index (χ1n) is 7.68. The van der Waals surface area contributed by atoms with Crippen molar-refractivity contribution in [1.29, 1.82) is 4.78 Å². The number of imide groups is 1. The van der Waals surface area contributed by atoms with Gasteiger partial charge in [-0.05, 0) is 53.7 Å². The summed E-state index contributed by atoms with van der Waals surface area (Å²) in [6.07, 6.45) is -1.01. The van der Waals surface area contributed by atoms with E-state index >= 15 is 0 Å². The summed E-state index contributed by atoms with van der Waals surface area (Å²) in [4.78, 5) is 29.6. The molecule has 1 rings (SSSR count). The van der Waals surface area contributed by atoms with Crippen molar-refractivity contribution in [2.45, 2.75) is 57.6 Å². The molecule has 26 heavy (non-hydrogen) atoms. The highest BCUT2D eigenvalue weighted by molar-refractivity contribution is 7.91. The zero-order valence-corrected chi connectivity index (χ0v) is 17.4. The van der Waals surface area contributed by atoms with E-state index in [9.17, 15) is 13.8 Å². The zero-order chi connectivity index (χ0) is 20.5. The van der Waals surface area contributed by atoms with Gasteiger partial charge in [0.2, 0.25) is 0 Å². The molecular weight excluding hydrogens is 382 g/mol.